The largest absolute Gasteiger partial charge is 0.465 e. The van der Waals surface area contributed by atoms with Gasteiger partial charge in [0.2, 0.25) is 0 Å². The van der Waals surface area contributed by atoms with E-state index in [2.05, 4.69) is 6.92 Å². The number of hydrogen-bond acceptors (Lipinski definition) is 5. The molecule has 1 aromatic rings. The zero-order chi connectivity index (χ0) is 21.7. The molecule has 0 aliphatic carbocycles. The first-order chi connectivity index (χ1) is 13.9. The molecule has 0 fully saturated rings. The van der Waals surface area contributed by atoms with E-state index >= 15 is 0 Å². The molecule has 0 amide bonds. The Morgan fingerprint density at radius 3 is 1.86 bits per heavy atom. The van der Waals surface area contributed by atoms with Gasteiger partial charge in [-0.1, -0.05) is 59.3 Å². The van der Waals surface area contributed by atoms with Crippen LogP contribution in [0.1, 0.15) is 95.8 Å². The fraction of sp³-hybridized carbons (Fsp3) is 0.625. The normalized spacial score (nSPS) is 11.2. The smallest absolute Gasteiger partial charge is 0.328 e. The van der Waals surface area contributed by atoms with E-state index in [9.17, 15) is 14.4 Å². The monoisotopic (exact) mass is 404 g/mol. The Morgan fingerprint density at radius 2 is 1.34 bits per heavy atom. The van der Waals surface area contributed by atoms with Gasteiger partial charge < -0.3 is 9.47 Å². The molecule has 0 saturated heterocycles. The summed E-state index contributed by atoms with van der Waals surface area (Å²) in [4.78, 5) is 36.9. The highest BCUT2D eigenvalue weighted by atomic mass is 16.6. The zero-order valence-corrected chi connectivity index (χ0v) is 18.4. The number of hydrogen-bond donors (Lipinski definition) is 0. The Hall–Kier alpha value is -2.17. The molecule has 1 rings (SSSR count). The van der Waals surface area contributed by atoms with Gasteiger partial charge in [-0.3, -0.25) is 14.4 Å². The minimum absolute atomic E-state index is 0.0618. The third-order valence-corrected chi connectivity index (χ3v) is 5.44. The highest BCUT2D eigenvalue weighted by Crippen LogP contribution is 2.31. The Morgan fingerprint density at radius 1 is 0.793 bits per heavy atom. The van der Waals surface area contributed by atoms with Gasteiger partial charge in [0.15, 0.2) is 11.2 Å². The van der Waals surface area contributed by atoms with E-state index in [1.165, 1.54) is 32.6 Å². The lowest BCUT2D eigenvalue weighted by Gasteiger charge is -2.26. The van der Waals surface area contributed by atoms with Gasteiger partial charge in [0, 0.05) is 5.56 Å². The van der Waals surface area contributed by atoms with Crippen molar-refractivity contribution in [2.75, 3.05) is 6.61 Å². The molecule has 0 unspecified atom stereocenters. The second kappa shape index (κ2) is 13.1. The van der Waals surface area contributed by atoms with E-state index in [0.29, 0.717) is 30.8 Å². The molecular formula is C24H36O5. The molecule has 0 heterocycles. The first kappa shape index (κ1) is 24.9. The van der Waals surface area contributed by atoms with Crippen molar-refractivity contribution < 1.29 is 23.9 Å². The van der Waals surface area contributed by atoms with Crippen molar-refractivity contribution in [3.63, 3.8) is 0 Å². The number of carbonyl (C=O) groups excluding carboxylic acids is 3. The number of unbranched alkanes of at least 4 members (excludes halogenated alkanes) is 6. The predicted octanol–water partition coefficient (Wildman–Crippen LogP) is 5.89. The third kappa shape index (κ3) is 7.64. The predicted molar refractivity (Wildman–Crippen MR) is 114 cm³/mol. The highest BCUT2D eigenvalue weighted by Gasteiger charge is 2.46. The summed E-state index contributed by atoms with van der Waals surface area (Å²) in [6, 6.07) is 6.33. The number of ketones is 1. The summed E-state index contributed by atoms with van der Waals surface area (Å²) in [5.41, 5.74) is -0.767. The van der Waals surface area contributed by atoms with E-state index in [4.69, 9.17) is 9.47 Å². The summed E-state index contributed by atoms with van der Waals surface area (Å²) in [6.07, 6.45) is 8.55. The molecular weight excluding hydrogens is 368 g/mol. The first-order valence-corrected chi connectivity index (χ1v) is 10.9. The van der Waals surface area contributed by atoms with Crippen LogP contribution >= 0.6 is 0 Å². The third-order valence-electron chi connectivity index (χ3n) is 5.44. The van der Waals surface area contributed by atoms with Gasteiger partial charge in [-0.05, 0) is 50.5 Å². The molecule has 0 aliphatic rings. The van der Waals surface area contributed by atoms with Crippen LogP contribution in [0.3, 0.4) is 0 Å². The molecule has 0 spiro atoms. The molecule has 5 heteroatoms. The summed E-state index contributed by atoms with van der Waals surface area (Å²) < 4.78 is 10.9. The highest BCUT2D eigenvalue weighted by molar-refractivity contribution is 6.01. The van der Waals surface area contributed by atoms with Crippen molar-refractivity contribution >= 4 is 17.7 Å². The molecule has 0 aliphatic heterocycles. The summed E-state index contributed by atoms with van der Waals surface area (Å²) in [7, 11) is 0. The van der Waals surface area contributed by atoms with Gasteiger partial charge >= 0.3 is 11.9 Å². The van der Waals surface area contributed by atoms with Crippen molar-refractivity contribution in [3.8, 4) is 5.75 Å². The lowest BCUT2D eigenvalue weighted by atomic mass is 9.82. The van der Waals surface area contributed by atoms with Crippen LogP contribution in [0, 0.1) is 5.41 Å². The molecule has 5 nitrogen and oxygen atoms in total. The number of ether oxygens (including phenoxy) is 2. The second-order valence-corrected chi connectivity index (χ2v) is 7.52. The summed E-state index contributed by atoms with van der Waals surface area (Å²) in [5.74, 6) is -0.874. The van der Waals surface area contributed by atoms with Crippen LogP contribution in [0.2, 0.25) is 0 Å². The van der Waals surface area contributed by atoms with E-state index in [1.54, 1.807) is 38.1 Å². The van der Waals surface area contributed by atoms with E-state index in [1.807, 2.05) is 0 Å². The van der Waals surface area contributed by atoms with Gasteiger partial charge in [-0.2, -0.15) is 0 Å². The molecule has 29 heavy (non-hydrogen) atoms. The summed E-state index contributed by atoms with van der Waals surface area (Å²) >= 11 is 0. The average Bonchev–Trinajstić information content (AvgIpc) is 2.71. The van der Waals surface area contributed by atoms with Crippen LogP contribution in [-0.4, -0.2) is 24.3 Å². The molecule has 0 atom stereocenters. The van der Waals surface area contributed by atoms with Crippen LogP contribution in [0.15, 0.2) is 24.3 Å². The fourth-order valence-corrected chi connectivity index (χ4v) is 3.24. The minimum atomic E-state index is -1.31. The van der Waals surface area contributed by atoms with Crippen molar-refractivity contribution in [1.82, 2.24) is 0 Å². The van der Waals surface area contributed by atoms with Crippen molar-refractivity contribution in [2.45, 2.75) is 85.5 Å². The lowest BCUT2D eigenvalue weighted by molar-refractivity contribution is -0.168. The van der Waals surface area contributed by atoms with Crippen LogP contribution in [0.4, 0.5) is 0 Å². The van der Waals surface area contributed by atoms with Crippen molar-refractivity contribution in [3.05, 3.63) is 29.8 Å². The maximum absolute atomic E-state index is 12.8. The molecule has 162 valence electrons. The van der Waals surface area contributed by atoms with Gasteiger partial charge in [0.1, 0.15) is 5.75 Å². The first-order valence-electron chi connectivity index (χ1n) is 10.9. The van der Waals surface area contributed by atoms with Crippen LogP contribution in [0.25, 0.3) is 0 Å². The Kier molecular flexibility index (Phi) is 11.3. The SMILES string of the molecule is CCCCCCCCCOC(=O)C(CC)(CC)C(=O)Oc1ccc(C(C)=O)cc1. The van der Waals surface area contributed by atoms with Crippen molar-refractivity contribution in [1.29, 1.82) is 0 Å². The molecule has 1 aromatic carbocycles. The van der Waals surface area contributed by atoms with Crippen LogP contribution < -0.4 is 4.74 Å². The maximum atomic E-state index is 12.8. The van der Waals surface area contributed by atoms with Gasteiger partial charge in [-0.15, -0.1) is 0 Å². The number of rotatable bonds is 14. The van der Waals surface area contributed by atoms with E-state index in [0.717, 1.165) is 19.3 Å². The van der Waals surface area contributed by atoms with Gasteiger partial charge in [-0.25, -0.2) is 0 Å². The molecule has 0 N–H and O–H groups in total. The molecule has 0 bridgehead atoms. The number of Topliss-reactive ketones (excluding diaryl/α,β-unsaturated/α-hetero) is 1. The van der Waals surface area contributed by atoms with Gasteiger partial charge in [0.25, 0.3) is 0 Å². The lowest BCUT2D eigenvalue weighted by Crippen LogP contribution is -2.42. The van der Waals surface area contributed by atoms with Gasteiger partial charge in [0.05, 0.1) is 6.61 Å². The number of benzene rings is 1. The standard InChI is InChI=1S/C24H36O5/c1-5-8-9-10-11-12-13-18-28-22(26)24(6-2,7-3)23(27)29-21-16-14-20(15-17-21)19(4)25/h14-17H,5-13,18H2,1-4H3. The quantitative estimate of drug-likeness (QED) is 0.127. The fourth-order valence-electron chi connectivity index (χ4n) is 3.24. The summed E-state index contributed by atoms with van der Waals surface area (Å²) in [5, 5.41) is 0. The Labute approximate surface area is 175 Å². The second-order valence-electron chi connectivity index (χ2n) is 7.52. The van der Waals surface area contributed by atoms with Crippen LogP contribution in [0.5, 0.6) is 5.75 Å². The molecule has 0 aromatic heterocycles. The molecule has 0 radical (unpaired) electrons. The van der Waals surface area contributed by atoms with Crippen molar-refractivity contribution in [2.24, 2.45) is 5.41 Å². The average molecular weight is 405 g/mol. The number of esters is 2. The molecule has 0 saturated carbocycles. The van der Waals surface area contributed by atoms with E-state index < -0.39 is 17.4 Å². The maximum Gasteiger partial charge on any atom is 0.328 e. The van der Waals surface area contributed by atoms with E-state index in [-0.39, 0.29) is 5.78 Å². The zero-order valence-electron chi connectivity index (χ0n) is 18.4. The topological polar surface area (TPSA) is 69.7 Å². The minimum Gasteiger partial charge on any atom is -0.465 e. The Balaban J connectivity index is 2.59. The van der Waals surface area contributed by atoms with Crippen LogP contribution in [-0.2, 0) is 14.3 Å². The Bertz CT molecular complexity index is 644. The summed E-state index contributed by atoms with van der Waals surface area (Å²) in [6.45, 7) is 7.58. The number of carbonyl (C=O) groups is 3.